The highest BCUT2D eigenvalue weighted by molar-refractivity contribution is 7.92. The van der Waals surface area contributed by atoms with Crippen LogP contribution in [0.15, 0.2) is 70.2 Å². The van der Waals surface area contributed by atoms with Gasteiger partial charge in [0.05, 0.1) is 22.0 Å². The Bertz CT molecular complexity index is 1430. The zero-order chi connectivity index (χ0) is 26.4. The van der Waals surface area contributed by atoms with E-state index in [1.165, 1.54) is 0 Å². The first-order chi connectivity index (χ1) is 17.8. The molecule has 9 nitrogen and oxygen atoms in total. The number of unbranched alkanes of at least 4 members (excludes halogenated alkanes) is 2. The summed E-state index contributed by atoms with van der Waals surface area (Å²) >= 11 is 0. The van der Waals surface area contributed by atoms with Gasteiger partial charge in [0.2, 0.25) is 0 Å². The fourth-order valence-electron chi connectivity index (χ4n) is 3.77. The summed E-state index contributed by atoms with van der Waals surface area (Å²) in [4.78, 5) is 9.16. The number of aromatic nitrogens is 3. The van der Waals surface area contributed by atoms with Crippen molar-refractivity contribution in [2.45, 2.75) is 43.3 Å². The van der Waals surface area contributed by atoms with Crippen molar-refractivity contribution in [3.8, 4) is 34.0 Å². The van der Waals surface area contributed by atoms with Crippen LogP contribution in [0.2, 0.25) is 0 Å². The molecule has 0 fully saturated rings. The Morgan fingerprint density at radius 1 is 0.946 bits per heavy atom. The molecule has 37 heavy (non-hydrogen) atoms. The molecule has 5 N–H and O–H groups in total. The molecule has 0 spiro atoms. The van der Waals surface area contributed by atoms with Gasteiger partial charge in [0.1, 0.15) is 5.69 Å². The first-order valence-corrected chi connectivity index (χ1v) is 13.8. The minimum atomic E-state index is -3.36. The minimum Gasteiger partial charge on any atom is -0.385 e. The van der Waals surface area contributed by atoms with Gasteiger partial charge >= 0.3 is 0 Å². The molecule has 2 aromatic carbocycles. The Kier molecular flexibility index (Phi) is 8.20. The first-order valence-electron chi connectivity index (χ1n) is 12.3. The van der Waals surface area contributed by atoms with Gasteiger partial charge in [0.15, 0.2) is 27.1 Å². The normalized spacial score (nSPS) is 11.7. The highest BCUT2D eigenvalue weighted by Gasteiger charge is 2.20. The summed E-state index contributed by atoms with van der Waals surface area (Å²) in [7, 11) is -3.36. The minimum absolute atomic E-state index is 0.208. The van der Waals surface area contributed by atoms with E-state index in [-0.39, 0.29) is 10.7 Å². The van der Waals surface area contributed by atoms with E-state index >= 15 is 0 Å². The van der Waals surface area contributed by atoms with Crippen molar-refractivity contribution in [2.24, 2.45) is 5.73 Å². The summed E-state index contributed by atoms with van der Waals surface area (Å²) in [5.41, 5.74) is 15.8. The van der Waals surface area contributed by atoms with Crippen molar-refractivity contribution in [2.75, 3.05) is 24.1 Å². The van der Waals surface area contributed by atoms with Gasteiger partial charge in [-0.25, -0.2) is 18.4 Å². The molecule has 0 aliphatic rings. The fraction of sp³-hybridized carbons (Fsp3) is 0.296. The lowest BCUT2D eigenvalue weighted by molar-refractivity contribution is 0.434. The van der Waals surface area contributed by atoms with Gasteiger partial charge in [-0.1, -0.05) is 35.8 Å². The molecule has 4 rings (SSSR count). The second-order valence-electron chi connectivity index (χ2n) is 9.04. The Labute approximate surface area is 217 Å². The van der Waals surface area contributed by atoms with E-state index in [0.717, 1.165) is 43.6 Å². The molecule has 4 aromatic rings. The van der Waals surface area contributed by atoms with Gasteiger partial charge in [-0.2, -0.15) is 0 Å². The number of nitrogens with one attached hydrogen (secondary N) is 1. The van der Waals surface area contributed by atoms with E-state index < -0.39 is 15.1 Å². The lowest BCUT2D eigenvalue weighted by atomic mass is 10.1. The fourth-order valence-corrected chi connectivity index (χ4v) is 4.83. The highest BCUT2D eigenvalue weighted by Crippen LogP contribution is 2.30. The lowest BCUT2D eigenvalue weighted by Crippen LogP contribution is -2.13. The molecule has 0 radical (unpaired) electrons. The van der Waals surface area contributed by atoms with Crippen LogP contribution in [-0.2, 0) is 9.84 Å². The molecule has 0 atom stereocenters. The maximum Gasteiger partial charge on any atom is 0.189 e. The third-order valence-corrected chi connectivity index (χ3v) is 8.20. The number of anilines is 2. The molecule has 0 unspecified atom stereocenters. The predicted octanol–water partition coefficient (Wildman–Crippen LogP) is 4.77. The van der Waals surface area contributed by atoms with E-state index in [1.54, 1.807) is 50.4 Å². The van der Waals surface area contributed by atoms with Gasteiger partial charge in [0.25, 0.3) is 0 Å². The van der Waals surface area contributed by atoms with Crippen LogP contribution in [0.25, 0.3) is 34.0 Å². The molecule has 0 bridgehead atoms. The Morgan fingerprint density at radius 2 is 1.62 bits per heavy atom. The van der Waals surface area contributed by atoms with Crippen molar-refractivity contribution in [1.29, 1.82) is 0 Å². The smallest absolute Gasteiger partial charge is 0.189 e. The summed E-state index contributed by atoms with van der Waals surface area (Å²) < 4.78 is 30.4. The van der Waals surface area contributed by atoms with Gasteiger partial charge < -0.3 is 21.3 Å². The monoisotopic (exact) mass is 520 g/mol. The van der Waals surface area contributed by atoms with Crippen molar-refractivity contribution in [3.63, 3.8) is 0 Å². The molecule has 0 aliphatic carbocycles. The quantitative estimate of drug-likeness (QED) is 0.238. The zero-order valence-corrected chi connectivity index (χ0v) is 21.8. The van der Waals surface area contributed by atoms with Gasteiger partial charge in [-0.05, 0) is 57.5 Å². The topological polar surface area (TPSA) is 150 Å². The van der Waals surface area contributed by atoms with Gasteiger partial charge in [-0.3, -0.25) is 0 Å². The second-order valence-corrected chi connectivity index (χ2v) is 11.5. The van der Waals surface area contributed by atoms with Crippen LogP contribution < -0.4 is 16.8 Å². The van der Waals surface area contributed by atoms with E-state index in [4.69, 9.17) is 16.0 Å². The number of hydrogen-bond donors (Lipinski definition) is 3. The highest BCUT2D eigenvalue weighted by atomic mass is 32.2. The summed E-state index contributed by atoms with van der Waals surface area (Å²) in [6.07, 6.45) is 4.78. The standard InChI is InChI=1S/C27H32N6O3S/c1-18(2)37(34,35)22-12-8-20(9-13-22)24-17-31-27(29)26(32-24)25-16-23(33-36-25)19-6-10-21(11-7-19)30-15-5-3-4-14-28/h6-13,16-18,30H,3-5,14-15,28H2,1-2H3,(H2,29,31). The Balaban J connectivity index is 1.50. The third kappa shape index (κ3) is 6.15. The predicted molar refractivity (Wildman–Crippen MR) is 147 cm³/mol. The SMILES string of the molecule is CC(C)S(=O)(=O)c1ccc(-c2cnc(N)c(-c3cc(-c4ccc(NCCCCCN)cc4)no3)n2)cc1. The van der Waals surface area contributed by atoms with Crippen LogP contribution in [0.3, 0.4) is 0 Å². The van der Waals surface area contributed by atoms with Gasteiger partial charge in [-0.15, -0.1) is 0 Å². The maximum absolute atomic E-state index is 12.4. The molecular formula is C27H32N6O3S. The number of nitrogens with two attached hydrogens (primary N) is 2. The molecule has 10 heteroatoms. The van der Waals surface area contributed by atoms with Crippen molar-refractivity contribution < 1.29 is 12.9 Å². The maximum atomic E-state index is 12.4. The molecule has 0 amide bonds. The molecule has 2 heterocycles. The third-order valence-electron chi connectivity index (χ3n) is 6.03. The molecule has 0 aliphatic heterocycles. The molecule has 2 aromatic heterocycles. The van der Waals surface area contributed by atoms with Crippen LogP contribution in [-0.4, -0.2) is 41.9 Å². The Morgan fingerprint density at radius 3 is 2.30 bits per heavy atom. The number of hydrogen-bond acceptors (Lipinski definition) is 9. The number of sulfone groups is 1. The lowest BCUT2D eigenvalue weighted by Gasteiger charge is -2.09. The van der Waals surface area contributed by atoms with Crippen LogP contribution >= 0.6 is 0 Å². The van der Waals surface area contributed by atoms with Crippen molar-refractivity contribution in [1.82, 2.24) is 15.1 Å². The van der Waals surface area contributed by atoms with E-state index in [2.05, 4.69) is 20.4 Å². The van der Waals surface area contributed by atoms with Crippen LogP contribution in [0, 0.1) is 0 Å². The largest absolute Gasteiger partial charge is 0.385 e. The molecule has 0 saturated heterocycles. The van der Waals surface area contributed by atoms with Crippen molar-refractivity contribution >= 4 is 21.3 Å². The first kappa shape index (κ1) is 26.3. The zero-order valence-electron chi connectivity index (χ0n) is 21.0. The number of benzene rings is 2. The van der Waals surface area contributed by atoms with E-state index in [9.17, 15) is 8.42 Å². The van der Waals surface area contributed by atoms with Crippen LogP contribution in [0.4, 0.5) is 11.5 Å². The average molecular weight is 521 g/mol. The number of nitrogen functional groups attached to an aromatic ring is 1. The summed E-state index contributed by atoms with van der Waals surface area (Å²) in [6, 6.07) is 16.3. The van der Waals surface area contributed by atoms with Crippen molar-refractivity contribution in [3.05, 3.63) is 60.8 Å². The Hall–Kier alpha value is -3.76. The molecule has 194 valence electrons. The second kappa shape index (κ2) is 11.5. The summed E-state index contributed by atoms with van der Waals surface area (Å²) in [5, 5.41) is 7.10. The number of rotatable bonds is 11. The van der Waals surface area contributed by atoms with E-state index in [1.807, 2.05) is 24.3 Å². The molecular weight excluding hydrogens is 488 g/mol. The van der Waals surface area contributed by atoms with Gasteiger partial charge in [0, 0.05) is 29.4 Å². The number of nitrogens with zero attached hydrogens (tertiary/aromatic N) is 3. The summed E-state index contributed by atoms with van der Waals surface area (Å²) in [5.74, 6) is 0.600. The van der Waals surface area contributed by atoms with E-state index in [0.29, 0.717) is 28.4 Å². The van der Waals surface area contributed by atoms with Crippen LogP contribution in [0.5, 0.6) is 0 Å². The summed E-state index contributed by atoms with van der Waals surface area (Å²) in [6.45, 7) is 4.94. The average Bonchev–Trinajstić information content (AvgIpc) is 3.39. The molecule has 0 saturated carbocycles. The van der Waals surface area contributed by atoms with Crippen LogP contribution in [0.1, 0.15) is 33.1 Å².